The lowest BCUT2D eigenvalue weighted by molar-refractivity contribution is -0.138. The highest BCUT2D eigenvalue weighted by atomic mass is 32.1. The molecular formula is C19H31N3O2S. The fourth-order valence-corrected chi connectivity index (χ4v) is 4.99. The summed E-state index contributed by atoms with van der Waals surface area (Å²) in [5, 5.41) is 2.11. The monoisotopic (exact) mass is 365 g/mol. The summed E-state index contributed by atoms with van der Waals surface area (Å²) in [5.41, 5.74) is 6.08. The SMILES string of the molecule is CN(CC(c1cccs1)N1CCOCC1)C(=O)C1CCCCC1(C)N. The normalized spacial score (nSPS) is 29.3. The molecular weight excluding hydrogens is 334 g/mol. The zero-order chi connectivity index (χ0) is 17.9. The van der Waals surface area contributed by atoms with Gasteiger partial charge in [-0.25, -0.2) is 0 Å². The van der Waals surface area contributed by atoms with E-state index in [1.54, 1.807) is 11.3 Å². The molecule has 1 aliphatic carbocycles. The molecule has 2 heterocycles. The highest BCUT2D eigenvalue weighted by Gasteiger charge is 2.39. The van der Waals surface area contributed by atoms with Gasteiger partial charge >= 0.3 is 0 Å². The van der Waals surface area contributed by atoms with E-state index in [9.17, 15) is 4.79 Å². The van der Waals surface area contributed by atoms with Gasteiger partial charge in [0.05, 0.1) is 25.2 Å². The lowest BCUT2D eigenvalue weighted by Gasteiger charge is -2.41. The molecule has 3 unspecified atom stereocenters. The van der Waals surface area contributed by atoms with E-state index in [0.29, 0.717) is 6.54 Å². The van der Waals surface area contributed by atoms with Crippen LogP contribution in [0, 0.1) is 5.92 Å². The van der Waals surface area contributed by atoms with Crippen molar-refractivity contribution in [2.24, 2.45) is 11.7 Å². The lowest BCUT2D eigenvalue weighted by atomic mass is 9.74. The van der Waals surface area contributed by atoms with Crippen LogP contribution in [0.25, 0.3) is 0 Å². The highest BCUT2D eigenvalue weighted by Crippen LogP contribution is 2.34. The van der Waals surface area contributed by atoms with Crippen molar-refractivity contribution in [3.05, 3.63) is 22.4 Å². The zero-order valence-electron chi connectivity index (χ0n) is 15.4. The predicted molar refractivity (Wildman–Crippen MR) is 102 cm³/mol. The van der Waals surface area contributed by atoms with Crippen molar-refractivity contribution < 1.29 is 9.53 Å². The predicted octanol–water partition coefficient (Wildman–Crippen LogP) is 2.49. The summed E-state index contributed by atoms with van der Waals surface area (Å²) >= 11 is 1.77. The van der Waals surface area contributed by atoms with Crippen LogP contribution >= 0.6 is 11.3 Å². The number of rotatable bonds is 5. The molecule has 1 saturated carbocycles. The summed E-state index contributed by atoms with van der Waals surface area (Å²) in [4.78, 5) is 18.8. The van der Waals surface area contributed by atoms with Crippen LogP contribution in [0.2, 0.25) is 0 Å². The molecule has 1 aromatic rings. The second-order valence-electron chi connectivity index (χ2n) is 7.70. The molecule has 1 aliphatic heterocycles. The number of hydrogen-bond acceptors (Lipinski definition) is 5. The maximum Gasteiger partial charge on any atom is 0.227 e. The van der Waals surface area contributed by atoms with Crippen molar-refractivity contribution in [1.82, 2.24) is 9.80 Å². The van der Waals surface area contributed by atoms with Crippen molar-refractivity contribution >= 4 is 17.2 Å². The zero-order valence-corrected chi connectivity index (χ0v) is 16.3. The Bertz CT molecular complexity index is 555. The van der Waals surface area contributed by atoms with E-state index in [0.717, 1.165) is 52.0 Å². The molecule has 1 saturated heterocycles. The standard InChI is InChI=1S/C19H31N3O2S/c1-19(20)8-4-3-6-15(19)18(23)21(2)14-16(17-7-5-13-25-17)22-9-11-24-12-10-22/h5,7,13,15-16H,3-4,6,8-12,14,20H2,1-2H3. The van der Waals surface area contributed by atoms with Gasteiger partial charge in [0.2, 0.25) is 5.91 Å². The number of nitrogens with two attached hydrogens (primary N) is 1. The molecule has 0 aromatic carbocycles. The first-order valence-corrected chi connectivity index (χ1v) is 10.3. The average molecular weight is 366 g/mol. The summed E-state index contributed by atoms with van der Waals surface area (Å²) in [7, 11) is 1.94. The molecule has 0 bridgehead atoms. The first-order chi connectivity index (χ1) is 12.0. The Morgan fingerprint density at radius 3 is 2.88 bits per heavy atom. The van der Waals surface area contributed by atoms with Gasteiger partial charge in [-0.3, -0.25) is 9.69 Å². The van der Waals surface area contributed by atoms with Gasteiger partial charge in [0.1, 0.15) is 0 Å². The number of morpholine rings is 1. The molecule has 0 radical (unpaired) electrons. The maximum absolute atomic E-state index is 13.1. The van der Waals surface area contributed by atoms with Crippen molar-refractivity contribution in [2.75, 3.05) is 39.9 Å². The van der Waals surface area contributed by atoms with Crippen LogP contribution in [0.15, 0.2) is 17.5 Å². The Hall–Kier alpha value is -0.950. The van der Waals surface area contributed by atoms with Crippen LogP contribution in [0.4, 0.5) is 0 Å². The van der Waals surface area contributed by atoms with Crippen LogP contribution in [0.1, 0.15) is 43.5 Å². The lowest BCUT2D eigenvalue weighted by Crippen LogP contribution is -2.54. The van der Waals surface area contributed by atoms with Crippen LogP contribution < -0.4 is 5.73 Å². The summed E-state index contributed by atoms with van der Waals surface area (Å²) < 4.78 is 5.51. The highest BCUT2D eigenvalue weighted by molar-refractivity contribution is 7.10. The van der Waals surface area contributed by atoms with Gasteiger partial charge < -0.3 is 15.4 Å². The molecule has 3 atom stereocenters. The first kappa shape index (κ1) is 18.8. The number of nitrogens with zero attached hydrogens (tertiary/aromatic N) is 2. The average Bonchev–Trinajstić information content (AvgIpc) is 3.13. The summed E-state index contributed by atoms with van der Waals surface area (Å²) in [6.45, 7) is 6.13. The van der Waals surface area contributed by atoms with Crippen LogP contribution in [-0.4, -0.2) is 61.1 Å². The third-order valence-corrected chi connectivity index (χ3v) is 6.71. The number of thiophene rings is 1. The minimum absolute atomic E-state index is 0.0556. The second-order valence-corrected chi connectivity index (χ2v) is 8.68. The fraction of sp³-hybridized carbons (Fsp3) is 0.737. The largest absolute Gasteiger partial charge is 0.379 e. The Morgan fingerprint density at radius 2 is 2.24 bits per heavy atom. The van der Waals surface area contributed by atoms with Gasteiger partial charge in [-0.1, -0.05) is 18.9 Å². The number of amides is 1. The molecule has 140 valence electrons. The summed E-state index contributed by atoms with van der Waals surface area (Å²) in [5.74, 6) is 0.152. The van der Waals surface area contributed by atoms with Gasteiger partial charge in [-0.05, 0) is 31.2 Å². The number of likely N-dealkylation sites (N-methyl/N-ethyl adjacent to an activating group) is 1. The van der Waals surface area contributed by atoms with Gasteiger partial charge in [0, 0.05) is 37.1 Å². The Kier molecular flexibility index (Phi) is 6.15. The van der Waals surface area contributed by atoms with E-state index < -0.39 is 0 Å². The van der Waals surface area contributed by atoms with Crippen molar-refractivity contribution in [2.45, 2.75) is 44.2 Å². The fourth-order valence-electron chi connectivity index (χ4n) is 4.13. The molecule has 6 heteroatoms. The smallest absolute Gasteiger partial charge is 0.227 e. The van der Waals surface area contributed by atoms with Gasteiger partial charge in [-0.15, -0.1) is 11.3 Å². The number of carbonyl (C=O) groups excluding carboxylic acids is 1. The van der Waals surface area contributed by atoms with E-state index in [2.05, 4.69) is 22.4 Å². The quantitative estimate of drug-likeness (QED) is 0.871. The first-order valence-electron chi connectivity index (χ1n) is 9.38. The molecule has 1 aromatic heterocycles. The van der Waals surface area contributed by atoms with Gasteiger partial charge in [0.25, 0.3) is 0 Å². The Morgan fingerprint density at radius 1 is 1.48 bits per heavy atom. The van der Waals surface area contributed by atoms with E-state index in [1.165, 1.54) is 4.88 Å². The molecule has 2 N–H and O–H groups in total. The van der Waals surface area contributed by atoms with Crippen molar-refractivity contribution in [1.29, 1.82) is 0 Å². The summed E-state index contributed by atoms with van der Waals surface area (Å²) in [6.07, 6.45) is 4.09. The van der Waals surface area contributed by atoms with Crippen LogP contribution in [0.3, 0.4) is 0 Å². The summed E-state index contributed by atoms with van der Waals surface area (Å²) in [6, 6.07) is 4.51. The number of hydrogen-bond donors (Lipinski definition) is 1. The Balaban J connectivity index is 1.71. The van der Waals surface area contributed by atoms with Gasteiger partial charge in [-0.2, -0.15) is 0 Å². The maximum atomic E-state index is 13.1. The molecule has 3 rings (SSSR count). The van der Waals surface area contributed by atoms with E-state index >= 15 is 0 Å². The molecule has 5 nitrogen and oxygen atoms in total. The molecule has 2 aliphatic rings. The molecule has 0 spiro atoms. The number of carbonyl (C=O) groups is 1. The van der Waals surface area contributed by atoms with Crippen LogP contribution in [0.5, 0.6) is 0 Å². The van der Waals surface area contributed by atoms with E-state index in [1.807, 2.05) is 18.9 Å². The second kappa shape index (κ2) is 8.16. The molecule has 25 heavy (non-hydrogen) atoms. The molecule has 2 fully saturated rings. The minimum Gasteiger partial charge on any atom is -0.379 e. The third-order valence-electron chi connectivity index (χ3n) is 5.73. The minimum atomic E-state index is -0.374. The molecule has 1 amide bonds. The van der Waals surface area contributed by atoms with Gasteiger partial charge in [0.15, 0.2) is 0 Å². The van der Waals surface area contributed by atoms with E-state index in [4.69, 9.17) is 10.5 Å². The van der Waals surface area contributed by atoms with Crippen LogP contribution in [-0.2, 0) is 9.53 Å². The van der Waals surface area contributed by atoms with Crippen molar-refractivity contribution in [3.63, 3.8) is 0 Å². The number of ether oxygens (including phenoxy) is 1. The third kappa shape index (κ3) is 4.42. The topological polar surface area (TPSA) is 58.8 Å². The van der Waals surface area contributed by atoms with E-state index in [-0.39, 0.29) is 23.4 Å². The van der Waals surface area contributed by atoms with Crippen molar-refractivity contribution in [3.8, 4) is 0 Å². The Labute approximate surface area is 155 Å².